The van der Waals surface area contributed by atoms with Crippen LogP contribution in [0.5, 0.6) is 0 Å². The maximum absolute atomic E-state index is 6.44. The van der Waals surface area contributed by atoms with Gasteiger partial charge in [0.15, 0.2) is 0 Å². The lowest BCUT2D eigenvalue weighted by Crippen LogP contribution is -1.84. The highest BCUT2D eigenvalue weighted by atomic mass is 35.5. The predicted octanol–water partition coefficient (Wildman–Crippen LogP) is 8.70. The number of rotatable bonds is 3. The SMILES string of the molecule is Cc1ccc(-c2csc(-c3sc(Cl)cc3-c3ccc(C)cc3C)c2)c(C)c1. The van der Waals surface area contributed by atoms with Crippen LogP contribution in [0.25, 0.3) is 32.0 Å². The monoisotopic (exact) mass is 408 g/mol. The quantitative estimate of drug-likeness (QED) is 0.318. The number of thiophene rings is 2. The minimum absolute atomic E-state index is 0.835. The maximum Gasteiger partial charge on any atom is 0.0941 e. The first-order chi connectivity index (χ1) is 12.9. The first-order valence-electron chi connectivity index (χ1n) is 8.96. The molecular weight excluding hydrogens is 388 g/mol. The van der Waals surface area contributed by atoms with Gasteiger partial charge in [-0.25, -0.2) is 0 Å². The Bertz CT molecular complexity index is 1130. The fraction of sp³-hybridized carbons (Fsp3) is 0.167. The van der Waals surface area contributed by atoms with Gasteiger partial charge in [0.2, 0.25) is 0 Å². The molecule has 4 rings (SSSR count). The van der Waals surface area contributed by atoms with Gasteiger partial charge in [0, 0.05) is 10.4 Å². The zero-order valence-corrected chi connectivity index (χ0v) is 18.3. The van der Waals surface area contributed by atoms with Gasteiger partial charge >= 0.3 is 0 Å². The van der Waals surface area contributed by atoms with E-state index in [1.54, 1.807) is 22.7 Å². The second kappa shape index (κ2) is 7.27. The molecule has 0 atom stereocenters. The molecule has 0 amide bonds. The molecule has 4 aromatic rings. The average molecular weight is 409 g/mol. The fourth-order valence-electron chi connectivity index (χ4n) is 3.59. The Labute approximate surface area is 174 Å². The lowest BCUT2D eigenvalue weighted by atomic mass is 9.98. The van der Waals surface area contributed by atoms with Gasteiger partial charge in [-0.3, -0.25) is 0 Å². The second-order valence-electron chi connectivity index (χ2n) is 7.13. The molecule has 0 unspecified atom stereocenters. The lowest BCUT2D eigenvalue weighted by Gasteiger charge is -2.08. The van der Waals surface area contributed by atoms with Gasteiger partial charge < -0.3 is 0 Å². The van der Waals surface area contributed by atoms with Crippen molar-refractivity contribution in [3.05, 3.63) is 80.5 Å². The summed E-state index contributed by atoms with van der Waals surface area (Å²) in [6, 6.07) is 17.7. The van der Waals surface area contributed by atoms with Crippen LogP contribution in [-0.4, -0.2) is 0 Å². The van der Waals surface area contributed by atoms with Crippen LogP contribution < -0.4 is 0 Å². The van der Waals surface area contributed by atoms with Crippen molar-refractivity contribution in [2.45, 2.75) is 27.7 Å². The zero-order chi connectivity index (χ0) is 19.1. The third kappa shape index (κ3) is 3.62. The van der Waals surface area contributed by atoms with E-state index in [4.69, 9.17) is 11.6 Å². The van der Waals surface area contributed by atoms with E-state index in [-0.39, 0.29) is 0 Å². The largest absolute Gasteiger partial charge is 0.142 e. The molecule has 0 saturated heterocycles. The number of halogens is 1. The van der Waals surface area contributed by atoms with E-state index >= 15 is 0 Å². The Hall–Kier alpha value is -1.87. The minimum atomic E-state index is 0.835. The summed E-state index contributed by atoms with van der Waals surface area (Å²) in [7, 11) is 0. The van der Waals surface area contributed by atoms with Gasteiger partial charge in [0.1, 0.15) is 0 Å². The van der Waals surface area contributed by atoms with Crippen LogP contribution in [0.1, 0.15) is 22.3 Å². The van der Waals surface area contributed by atoms with Crippen LogP contribution in [0.3, 0.4) is 0 Å². The average Bonchev–Trinajstić information content (AvgIpc) is 3.21. The summed E-state index contributed by atoms with van der Waals surface area (Å²) in [4.78, 5) is 2.53. The Morgan fingerprint density at radius 3 is 1.96 bits per heavy atom. The molecule has 136 valence electrons. The summed E-state index contributed by atoms with van der Waals surface area (Å²) in [6.45, 7) is 8.63. The lowest BCUT2D eigenvalue weighted by molar-refractivity contribution is 1.38. The predicted molar refractivity (Wildman–Crippen MR) is 122 cm³/mol. The van der Waals surface area contributed by atoms with E-state index in [1.165, 1.54) is 54.3 Å². The van der Waals surface area contributed by atoms with Crippen molar-refractivity contribution in [1.29, 1.82) is 0 Å². The minimum Gasteiger partial charge on any atom is -0.142 e. The molecule has 0 aliphatic carbocycles. The summed E-state index contributed by atoms with van der Waals surface area (Å²) in [6.07, 6.45) is 0. The number of aryl methyl sites for hydroxylation is 4. The number of benzene rings is 2. The molecule has 2 heterocycles. The molecular formula is C24H21ClS2. The van der Waals surface area contributed by atoms with Crippen LogP contribution in [0, 0.1) is 27.7 Å². The summed E-state index contributed by atoms with van der Waals surface area (Å²) >= 11 is 9.90. The van der Waals surface area contributed by atoms with Gasteiger partial charge in [0.25, 0.3) is 0 Å². The molecule has 0 fully saturated rings. The molecule has 0 bridgehead atoms. The zero-order valence-electron chi connectivity index (χ0n) is 15.9. The van der Waals surface area contributed by atoms with E-state index < -0.39 is 0 Å². The summed E-state index contributed by atoms with van der Waals surface area (Å²) in [5.41, 5.74) is 10.3. The molecule has 0 aliphatic heterocycles. The highest BCUT2D eigenvalue weighted by molar-refractivity contribution is 7.24. The second-order valence-corrected chi connectivity index (χ2v) is 9.72. The molecule has 0 aliphatic rings. The van der Waals surface area contributed by atoms with E-state index in [0.717, 1.165) is 4.34 Å². The molecule has 27 heavy (non-hydrogen) atoms. The van der Waals surface area contributed by atoms with Gasteiger partial charge in [-0.2, -0.15) is 0 Å². The third-order valence-electron chi connectivity index (χ3n) is 4.89. The van der Waals surface area contributed by atoms with Crippen LogP contribution in [0.2, 0.25) is 4.34 Å². The molecule has 0 radical (unpaired) electrons. The molecule has 0 saturated carbocycles. The Morgan fingerprint density at radius 2 is 1.33 bits per heavy atom. The van der Waals surface area contributed by atoms with Gasteiger partial charge in [-0.1, -0.05) is 59.1 Å². The van der Waals surface area contributed by atoms with E-state index in [1.807, 2.05) is 0 Å². The summed E-state index contributed by atoms with van der Waals surface area (Å²) < 4.78 is 0.835. The van der Waals surface area contributed by atoms with E-state index in [2.05, 4.69) is 81.6 Å². The topological polar surface area (TPSA) is 0 Å². The maximum atomic E-state index is 6.44. The first kappa shape index (κ1) is 18.5. The van der Waals surface area contributed by atoms with E-state index in [0.29, 0.717) is 0 Å². The molecule has 0 spiro atoms. The van der Waals surface area contributed by atoms with Crippen molar-refractivity contribution < 1.29 is 0 Å². The molecule has 0 N–H and O–H groups in total. The number of hydrogen-bond acceptors (Lipinski definition) is 2. The van der Waals surface area contributed by atoms with Crippen LogP contribution >= 0.6 is 34.3 Å². The normalized spacial score (nSPS) is 11.1. The van der Waals surface area contributed by atoms with Crippen molar-refractivity contribution in [2.24, 2.45) is 0 Å². The van der Waals surface area contributed by atoms with Gasteiger partial charge in [-0.05, 0) is 73.0 Å². The Kier molecular flexibility index (Phi) is 4.98. The fourth-order valence-corrected chi connectivity index (χ4v) is 5.87. The highest BCUT2D eigenvalue weighted by Gasteiger charge is 2.16. The van der Waals surface area contributed by atoms with Crippen molar-refractivity contribution in [2.75, 3.05) is 0 Å². The molecule has 2 aromatic heterocycles. The Balaban J connectivity index is 1.80. The first-order valence-corrected chi connectivity index (χ1v) is 11.0. The van der Waals surface area contributed by atoms with Gasteiger partial charge in [-0.15, -0.1) is 22.7 Å². The highest BCUT2D eigenvalue weighted by Crippen LogP contribution is 2.45. The Morgan fingerprint density at radius 1 is 0.704 bits per heavy atom. The molecule has 3 heteroatoms. The third-order valence-corrected chi connectivity index (χ3v) is 7.26. The summed E-state index contributed by atoms with van der Waals surface area (Å²) in [5, 5.41) is 2.26. The van der Waals surface area contributed by atoms with Crippen molar-refractivity contribution in [1.82, 2.24) is 0 Å². The van der Waals surface area contributed by atoms with Crippen LogP contribution in [0.4, 0.5) is 0 Å². The van der Waals surface area contributed by atoms with Crippen LogP contribution in [0.15, 0.2) is 53.9 Å². The van der Waals surface area contributed by atoms with Crippen LogP contribution in [-0.2, 0) is 0 Å². The van der Waals surface area contributed by atoms with Crippen molar-refractivity contribution >= 4 is 34.3 Å². The standard InChI is InChI=1S/C24H21ClS2/c1-14-5-7-19(16(3)9-14)18-11-22(26-13-18)24-21(12-23(25)27-24)20-8-6-15(2)10-17(20)4/h5-13H,1-4H3. The van der Waals surface area contributed by atoms with Crippen molar-refractivity contribution in [3.8, 4) is 32.0 Å². The molecule has 2 aromatic carbocycles. The summed E-state index contributed by atoms with van der Waals surface area (Å²) in [5.74, 6) is 0. The van der Waals surface area contributed by atoms with Crippen molar-refractivity contribution in [3.63, 3.8) is 0 Å². The smallest absolute Gasteiger partial charge is 0.0941 e. The molecule has 0 nitrogen and oxygen atoms in total. The van der Waals surface area contributed by atoms with E-state index in [9.17, 15) is 0 Å². The van der Waals surface area contributed by atoms with Gasteiger partial charge in [0.05, 0.1) is 9.21 Å². The number of hydrogen-bond donors (Lipinski definition) is 0.